The first kappa shape index (κ1) is 13.2. The van der Waals surface area contributed by atoms with E-state index in [1.807, 2.05) is 11.8 Å². The van der Waals surface area contributed by atoms with Crippen LogP contribution in [0.25, 0.3) is 0 Å². The van der Waals surface area contributed by atoms with Crippen LogP contribution in [0.15, 0.2) is 4.99 Å². The smallest absolute Gasteiger partial charge is 0.157 e. The lowest BCUT2D eigenvalue weighted by Gasteiger charge is -2.35. The molecule has 0 amide bonds. The lowest BCUT2D eigenvalue weighted by Crippen LogP contribution is -2.46. The summed E-state index contributed by atoms with van der Waals surface area (Å²) >= 11 is 4.04. The minimum Gasteiger partial charge on any atom is -0.359 e. The van der Waals surface area contributed by atoms with E-state index in [4.69, 9.17) is 4.99 Å². The van der Waals surface area contributed by atoms with Crippen molar-refractivity contribution in [3.05, 3.63) is 0 Å². The van der Waals surface area contributed by atoms with Crippen LogP contribution in [0.5, 0.6) is 0 Å². The SMILES string of the molecule is CC1CCC2(CC1)CSC(=NC1CCCSC1)N2. The van der Waals surface area contributed by atoms with Crippen LogP contribution >= 0.6 is 23.5 Å². The van der Waals surface area contributed by atoms with Gasteiger partial charge in [0.15, 0.2) is 5.17 Å². The van der Waals surface area contributed by atoms with Crippen LogP contribution in [0.1, 0.15) is 45.4 Å². The van der Waals surface area contributed by atoms with Gasteiger partial charge >= 0.3 is 0 Å². The maximum absolute atomic E-state index is 4.95. The summed E-state index contributed by atoms with van der Waals surface area (Å²) < 4.78 is 0. The van der Waals surface area contributed by atoms with Crippen LogP contribution in [0.3, 0.4) is 0 Å². The van der Waals surface area contributed by atoms with E-state index < -0.39 is 0 Å². The van der Waals surface area contributed by atoms with Crippen LogP contribution in [-0.4, -0.2) is 34.0 Å². The second kappa shape index (κ2) is 5.66. The van der Waals surface area contributed by atoms with Crippen molar-refractivity contribution in [2.45, 2.75) is 57.0 Å². The molecule has 2 saturated heterocycles. The molecule has 18 heavy (non-hydrogen) atoms. The summed E-state index contributed by atoms with van der Waals surface area (Å²) in [5, 5.41) is 5.03. The fourth-order valence-corrected chi connectivity index (χ4v) is 5.49. The van der Waals surface area contributed by atoms with Crippen molar-refractivity contribution in [2.75, 3.05) is 17.3 Å². The van der Waals surface area contributed by atoms with Crippen LogP contribution in [-0.2, 0) is 0 Å². The zero-order valence-electron chi connectivity index (χ0n) is 11.3. The average molecular weight is 284 g/mol. The topological polar surface area (TPSA) is 24.4 Å². The average Bonchev–Trinajstić information content (AvgIpc) is 2.78. The quantitative estimate of drug-likeness (QED) is 0.797. The number of aliphatic imine (C=N–C) groups is 1. The lowest BCUT2D eigenvalue weighted by atomic mass is 9.78. The monoisotopic (exact) mass is 284 g/mol. The molecule has 0 bridgehead atoms. The Kier molecular flexibility index (Phi) is 4.14. The molecule has 1 saturated carbocycles. The molecule has 1 unspecified atom stereocenters. The van der Waals surface area contributed by atoms with E-state index >= 15 is 0 Å². The van der Waals surface area contributed by atoms with Gasteiger partial charge in [0.05, 0.1) is 6.04 Å². The largest absolute Gasteiger partial charge is 0.359 e. The number of rotatable bonds is 1. The van der Waals surface area contributed by atoms with E-state index in [1.165, 1.54) is 61.0 Å². The fraction of sp³-hybridized carbons (Fsp3) is 0.929. The maximum atomic E-state index is 4.95. The van der Waals surface area contributed by atoms with E-state index in [-0.39, 0.29) is 0 Å². The summed E-state index contributed by atoms with van der Waals surface area (Å²) in [7, 11) is 0. The summed E-state index contributed by atoms with van der Waals surface area (Å²) in [4.78, 5) is 4.95. The zero-order chi connectivity index (χ0) is 12.4. The highest BCUT2D eigenvalue weighted by atomic mass is 32.2. The summed E-state index contributed by atoms with van der Waals surface area (Å²) in [6, 6.07) is 0.580. The van der Waals surface area contributed by atoms with E-state index in [1.54, 1.807) is 0 Å². The van der Waals surface area contributed by atoms with Gasteiger partial charge in [0.25, 0.3) is 0 Å². The van der Waals surface area contributed by atoms with Crippen molar-refractivity contribution in [2.24, 2.45) is 10.9 Å². The summed E-state index contributed by atoms with van der Waals surface area (Å²) in [6.07, 6.45) is 8.11. The third-order valence-electron chi connectivity index (χ3n) is 4.52. The molecule has 0 aromatic rings. The summed E-state index contributed by atoms with van der Waals surface area (Å²) in [5.74, 6) is 4.75. The molecule has 3 fully saturated rings. The van der Waals surface area contributed by atoms with Gasteiger partial charge in [-0.1, -0.05) is 18.7 Å². The Bertz CT molecular complexity index is 316. The van der Waals surface area contributed by atoms with Crippen molar-refractivity contribution < 1.29 is 0 Å². The van der Waals surface area contributed by atoms with Crippen LogP contribution in [0.2, 0.25) is 0 Å². The number of amidine groups is 1. The van der Waals surface area contributed by atoms with Crippen molar-refractivity contribution in [3.63, 3.8) is 0 Å². The second-order valence-corrected chi connectivity index (χ2v) is 8.30. The highest BCUT2D eigenvalue weighted by Gasteiger charge is 2.39. The van der Waals surface area contributed by atoms with Gasteiger partial charge in [-0.15, -0.1) is 0 Å². The standard InChI is InChI=1S/C14H24N2S2/c1-11-4-6-14(7-5-11)10-18-13(16-14)15-12-3-2-8-17-9-12/h11-12H,2-10H2,1H3,(H,15,16). The van der Waals surface area contributed by atoms with Gasteiger partial charge in [0.2, 0.25) is 0 Å². The molecule has 2 nitrogen and oxygen atoms in total. The Labute approximate surface area is 119 Å². The molecule has 2 heterocycles. The molecule has 0 radical (unpaired) electrons. The molecule has 1 atom stereocenters. The molecule has 1 N–H and O–H groups in total. The number of nitrogens with one attached hydrogen (secondary N) is 1. The first-order valence-electron chi connectivity index (χ1n) is 7.32. The molecular formula is C14H24N2S2. The number of hydrogen-bond acceptors (Lipinski definition) is 3. The van der Waals surface area contributed by atoms with E-state index in [0.717, 1.165) is 5.92 Å². The van der Waals surface area contributed by atoms with E-state index in [2.05, 4.69) is 24.0 Å². The highest BCUT2D eigenvalue weighted by molar-refractivity contribution is 8.14. The Morgan fingerprint density at radius 3 is 2.83 bits per heavy atom. The number of hydrogen-bond donors (Lipinski definition) is 1. The molecule has 1 aliphatic carbocycles. The Hall–Kier alpha value is 0.170. The summed E-state index contributed by atoms with van der Waals surface area (Å²) in [5.41, 5.74) is 0.401. The van der Waals surface area contributed by atoms with Crippen molar-refractivity contribution in [1.29, 1.82) is 0 Å². The van der Waals surface area contributed by atoms with E-state index in [9.17, 15) is 0 Å². The number of thioether (sulfide) groups is 2. The zero-order valence-corrected chi connectivity index (χ0v) is 12.9. The van der Waals surface area contributed by atoms with E-state index in [0.29, 0.717) is 11.6 Å². The van der Waals surface area contributed by atoms with Gasteiger partial charge in [0.1, 0.15) is 0 Å². The molecule has 1 spiro atoms. The molecule has 0 aromatic carbocycles. The Balaban J connectivity index is 1.58. The van der Waals surface area contributed by atoms with Crippen molar-refractivity contribution in [1.82, 2.24) is 5.32 Å². The van der Waals surface area contributed by atoms with Crippen LogP contribution < -0.4 is 5.32 Å². The maximum Gasteiger partial charge on any atom is 0.157 e. The molecule has 2 aliphatic heterocycles. The predicted molar refractivity (Wildman–Crippen MR) is 83.7 cm³/mol. The molecule has 0 aromatic heterocycles. The van der Waals surface area contributed by atoms with Gasteiger partial charge < -0.3 is 5.32 Å². The van der Waals surface area contributed by atoms with Gasteiger partial charge in [-0.2, -0.15) is 11.8 Å². The van der Waals surface area contributed by atoms with Crippen LogP contribution in [0, 0.1) is 5.92 Å². The molecule has 102 valence electrons. The minimum atomic E-state index is 0.401. The summed E-state index contributed by atoms with van der Waals surface area (Å²) in [6.45, 7) is 2.39. The normalized spacial score (nSPS) is 43.3. The van der Waals surface area contributed by atoms with Gasteiger partial charge in [-0.05, 0) is 50.2 Å². The van der Waals surface area contributed by atoms with Gasteiger partial charge in [0, 0.05) is 17.0 Å². The molecule has 4 heteroatoms. The lowest BCUT2D eigenvalue weighted by molar-refractivity contribution is 0.250. The van der Waals surface area contributed by atoms with Gasteiger partial charge in [-0.3, -0.25) is 4.99 Å². The highest BCUT2D eigenvalue weighted by Crippen LogP contribution is 2.38. The first-order chi connectivity index (χ1) is 8.76. The van der Waals surface area contributed by atoms with Crippen molar-refractivity contribution >= 4 is 28.7 Å². The third kappa shape index (κ3) is 3.01. The number of nitrogens with zero attached hydrogens (tertiary/aromatic N) is 1. The fourth-order valence-electron chi connectivity index (χ4n) is 3.15. The minimum absolute atomic E-state index is 0.401. The Morgan fingerprint density at radius 2 is 2.11 bits per heavy atom. The van der Waals surface area contributed by atoms with Crippen LogP contribution in [0.4, 0.5) is 0 Å². The molecule has 3 rings (SSSR count). The van der Waals surface area contributed by atoms with Gasteiger partial charge in [-0.25, -0.2) is 0 Å². The molecule has 3 aliphatic rings. The molecular weight excluding hydrogens is 260 g/mol. The second-order valence-electron chi connectivity index (χ2n) is 6.18. The first-order valence-corrected chi connectivity index (χ1v) is 9.46. The third-order valence-corrected chi connectivity index (χ3v) is 6.90. The Morgan fingerprint density at radius 1 is 1.28 bits per heavy atom. The van der Waals surface area contributed by atoms with Crippen molar-refractivity contribution in [3.8, 4) is 0 Å². The predicted octanol–water partition coefficient (Wildman–Crippen LogP) is 3.52.